The fourth-order valence-electron chi connectivity index (χ4n) is 3.28. The van der Waals surface area contributed by atoms with Crippen molar-refractivity contribution in [2.24, 2.45) is 5.92 Å². The van der Waals surface area contributed by atoms with Crippen molar-refractivity contribution in [3.8, 4) is 5.75 Å². The van der Waals surface area contributed by atoms with Gasteiger partial charge in [0.1, 0.15) is 5.75 Å². The molecule has 0 saturated heterocycles. The van der Waals surface area contributed by atoms with Crippen LogP contribution in [0, 0.1) is 5.92 Å². The summed E-state index contributed by atoms with van der Waals surface area (Å²) in [5.74, 6) is 0.325. The second-order valence-corrected chi connectivity index (χ2v) is 6.94. The Hall–Kier alpha value is -2.10. The van der Waals surface area contributed by atoms with Crippen LogP contribution >= 0.6 is 0 Å². The van der Waals surface area contributed by atoms with Crippen LogP contribution in [0.2, 0.25) is 0 Å². The van der Waals surface area contributed by atoms with E-state index in [1.54, 1.807) is 0 Å². The third kappa shape index (κ3) is 7.42. The van der Waals surface area contributed by atoms with E-state index >= 15 is 0 Å². The predicted molar refractivity (Wildman–Crippen MR) is 102 cm³/mol. The van der Waals surface area contributed by atoms with Gasteiger partial charge in [0.15, 0.2) is 0 Å². The Bertz CT molecular complexity index is 570. The van der Waals surface area contributed by atoms with Gasteiger partial charge in [-0.25, -0.2) is 4.79 Å². The number of carbonyl (C=O) groups is 2. The molecule has 0 bridgehead atoms. The van der Waals surface area contributed by atoms with Crippen LogP contribution in [0.3, 0.4) is 0 Å². The summed E-state index contributed by atoms with van der Waals surface area (Å²) < 4.78 is 10.4. The van der Waals surface area contributed by atoms with Crippen molar-refractivity contribution in [2.45, 2.75) is 64.2 Å². The average molecular weight is 358 g/mol. The average Bonchev–Trinajstić information content (AvgIpc) is 3.20. The Labute approximate surface area is 156 Å². The fraction of sp³-hybridized carbons (Fsp3) is 0.545. The minimum atomic E-state index is -0.345. The van der Waals surface area contributed by atoms with Gasteiger partial charge in [-0.1, -0.05) is 50.8 Å². The van der Waals surface area contributed by atoms with Gasteiger partial charge in [-0.3, -0.25) is 4.79 Å². The Kier molecular flexibility index (Phi) is 8.94. The number of aryl methyl sites for hydroxylation is 1. The SMILES string of the molecule is C=CC(=O)OCCCCCCCc1ccc(OC(=O)C2CCCC2)cc1. The number of esters is 2. The molecule has 4 nitrogen and oxygen atoms in total. The first-order chi connectivity index (χ1) is 12.7. The van der Waals surface area contributed by atoms with Crippen molar-refractivity contribution in [2.75, 3.05) is 6.61 Å². The van der Waals surface area contributed by atoms with Crippen molar-refractivity contribution in [1.82, 2.24) is 0 Å². The van der Waals surface area contributed by atoms with Crippen LogP contribution in [0.5, 0.6) is 5.75 Å². The van der Waals surface area contributed by atoms with Crippen molar-refractivity contribution >= 4 is 11.9 Å². The minimum Gasteiger partial charge on any atom is -0.463 e. The zero-order valence-electron chi connectivity index (χ0n) is 15.6. The van der Waals surface area contributed by atoms with E-state index in [2.05, 4.69) is 6.58 Å². The number of rotatable bonds is 11. The molecule has 142 valence electrons. The van der Waals surface area contributed by atoms with E-state index in [0.29, 0.717) is 12.4 Å². The molecule has 26 heavy (non-hydrogen) atoms. The highest BCUT2D eigenvalue weighted by molar-refractivity contribution is 5.81. The largest absolute Gasteiger partial charge is 0.463 e. The van der Waals surface area contributed by atoms with Crippen molar-refractivity contribution in [3.63, 3.8) is 0 Å². The van der Waals surface area contributed by atoms with Crippen LogP contribution < -0.4 is 4.74 Å². The molecule has 0 N–H and O–H groups in total. The summed E-state index contributed by atoms with van der Waals surface area (Å²) in [6.07, 6.45) is 11.8. The van der Waals surface area contributed by atoms with E-state index in [-0.39, 0.29) is 17.9 Å². The molecule has 0 heterocycles. The second-order valence-electron chi connectivity index (χ2n) is 6.94. The van der Waals surface area contributed by atoms with E-state index < -0.39 is 0 Å². The Balaban J connectivity index is 1.55. The van der Waals surface area contributed by atoms with Crippen LogP contribution in [0.1, 0.15) is 63.4 Å². The maximum Gasteiger partial charge on any atom is 0.330 e. The molecule has 0 amide bonds. The molecule has 1 fully saturated rings. The van der Waals surface area contributed by atoms with Gasteiger partial charge in [0, 0.05) is 6.08 Å². The van der Waals surface area contributed by atoms with E-state index in [9.17, 15) is 9.59 Å². The third-order valence-corrected chi connectivity index (χ3v) is 4.85. The first kappa shape index (κ1) is 20.2. The number of carbonyl (C=O) groups excluding carboxylic acids is 2. The lowest BCUT2D eigenvalue weighted by atomic mass is 10.1. The molecule has 4 heteroatoms. The number of hydrogen-bond donors (Lipinski definition) is 0. The smallest absolute Gasteiger partial charge is 0.330 e. The lowest BCUT2D eigenvalue weighted by Gasteiger charge is -2.09. The number of unbranched alkanes of at least 4 members (excludes halogenated alkanes) is 4. The molecular formula is C22H30O4. The van der Waals surface area contributed by atoms with Crippen LogP contribution in [-0.4, -0.2) is 18.5 Å². The van der Waals surface area contributed by atoms with Crippen molar-refractivity contribution in [3.05, 3.63) is 42.5 Å². The molecule has 2 rings (SSSR count). The molecule has 0 aliphatic heterocycles. The quantitative estimate of drug-likeness (QED) is 0.242. The highest BCUT2D eigenvalue weighted by Crippen LogP contribution is 2.26. The summed E-state index contributed by atoms with van der Waals surface area (Å²) in [6.45, 7) is 3.85. The van der Waals surface area contributed by atoms with E-state index in [0.717, 1.165) is 64.2 Å². The normalized spacial score (nSPS) is 14.2. The van der Waals surface area contributed by atoms with Gasteiger partial charge >= 0.3 is 11.9 Å². The summed E-state index contributed by atoms with van der Waals surface area (Å²) in [5.41, 5.74) is 1.27. The Morgan fingerprint density at radius 3 is 2.35 bits per heavy atom. The molecule has 0 atom stereocenters. The molecule has 1 aliphatic rings. The van der Waals surface area contributed by atoms with Gasteiger partial charge in [0.05, 0.1) is 12.5 Å². The first-order valence-corrected chi connectivity index (χ1v) is 9.79. The lowest BCUT2D eigenvalue weighted by Crippen LogP contribution is -2.17. The summed E-state index contributed by atoms with van der Waals surface area (Å²) in [5, 5.41) is 0. The van der Waals surface area contributed by atoms with Crippen molar-refractivity contribution in [1.29, 1.82) is 0 Å². The Morgan fingerprint density at radius 2 is 1.65 bits per heavy atom. The predicted octanol–water partition coefficient (Wildman–Crippen LogP) is 5.00. The maximum atomic E-state index is 12.0. The van der Waals surface area contributed by atoms with E-state index in [1.165, 1.54) is 11.6 Å². The molecule has 1 aromatic rings. The van der Waals surface area contributed by atoms with Crippen LogP contribution in [-0.2, 0) is 20.7 Å². The van der Waals surface area contributed by atoms with Crippen molar-refractivity contribution < 1.29 is 19.1 Å². The topological polar surface area (TPSA) is 52.6 Å². The standard InChI is InChI=1S/C22H30O4/c1-2-21(23)25-17-9-5-3-4-6-10-18-13-15-20(16-14-18)26-22(24)19-11-7-8-12-19/h2,13-16,19H,1,3-12,17H2. The minimum absolute atomic E-state index is 0.0750. The third-order valence-electron chi connectivity index (χ3n) is 4.85. The summed E-state index contributed by atoms with van der Waals surface area (Å²) in [7, 11) is 0. The number of benzene rings is 1. The van der Waals surface area contributed by atoms with Gasteiger partial charge in [0.25, 0.3) is 0 Å². The molecule has 0 radical (unpaired) electrons. The second kappa shape index (κ2) is 11.5. The zero-order valence-corrected chi connectivity index (χ0v) is 15.6. The summed E-state index contributed by atoms with van der Waals surface area (Å²) in [4.78, 5) is 22.9. The molecule has 0 unspecified atom stereocenters. The maximum absolute atomic E-state index is 12.0. The van der Waals surface area contributed by atoms with Gasteiger partial charge in [0.2, 0.25) is 0 Å². The van der Waals surface area contributed by atoms with E-state index in [1.807, 2.05) is 24.3 Å². The highest BCUT2D eigenvalue weighted by atomic mass is 16.5. The highest BCUT2D eigenvalue weighted by Gasteiger charge is 2.24. The fourth-order valence-corrected chi connectivity index (χ4v) is 3.28. The summed E-state index contributed by atoms with van der Waals surface area (Å²) >= 11 is 0. The van der Waals surface area contributed by atoms with Gasteiger partial charge < -0.3 is 9.47 Å². The van der Waals surface area contributed by atoms with Crippen LogP contribution in [0.15, 0.2) is 36.9 Å². The monoisotopic (exact) mass is 358 g/mol. The molecular weight excluding hydrogens is 328 g/mol. The molecule has 1 saturated carbocycles. The number of ether oxygens (including phenoxy) is 2. The van der Waals surface area contributed by atoms with Gasteiger partial charge in [-0.05, 0) is 49.8 Å². The molecule has 1 aromatic carbocycles. The van der Waals surface area contributed by atoms with Crippen LogP contribution in [0.25, 0.3) is 0 Å². The molecule has 1 aliphatic carbocycles. The number of hydrogen-bond acceptors (Lipinski definition) is 4. The molecule has 0 spiro atoms. The Morgan fingerprint density at radius 1 is 1.00 bits per heavy atom. The van der Waals surface area contributed by atoms with E-state index in [4.69, 9.17) is 9.47 Å². The van der Waals surface area contributed by atoms with Gasteiger partial charge in [-0.2, -0.15) is 0 Å². The first-order valence-electron chi connectivity index (χ1n) is 9.79. The summed E-state index contributed by atoms with van der Waals surface area (Å²) in [6, 6.07) is 7.89. The zero-order chi connectivity index (χ0) is 18.6. The molecule has 0 aromatic heterocycles. The van der Waals surface area contributed by atoms with Gasteiger partial charge in [-0.15, -0.1) is 0 Å². The lowest BCUT2D eigenvalue weighted by molar-refractivity contribution is -0.139. The van der Waals surface area contributed by atoms with Crippen LogP contribution in [0.4, 0.5) is 0 Å².